The van der Waals surface area contributed by atoms with Gasteiger partial charge >= 0.3 is 0 Å². The lowest BCUT2D eigenvalue weighted by molar-refractivity contribution is -0.125. The maximum absolute atomic E-state index is 11.9. The van der Waals surface area contributed by atoms with E-state index in [9.17, 15) is 4.79 Å². The summed E-state index contributed by atoms with van der Waals surface area (Å²) in [4.78, 5) is 17.3. The highest BCUT2D eigenvalue weighted by Crippen LogP contribution is 2.16. The normalized spacial score (nSPS) is 24.6. The predicted octanol–water partition coefficient (Wildman–Crippen LogP) is 0.923. The standard InChI is InChI=1S/C11H17N3OS/c1-7-3-12-5-9(7)11(15)14-6-10-13-4-8(2)16-10/h4,7,9,12H,3,5-6H2,1-2H3,(H,14,15). The van der Waals surface area contributed by atoms with Gasteiger partial charge in [-0.05, 0) is 19.4 Å². The first-order valence-corrected chi connectivity index (χ1v) is 6.38. The van der Waals surface area contributed by atoms with Crippen molar-refractivity contribution < 1.29 is 4.79 Å². The van der Waals surface area contributed by atoms with Crippen LogP contribution < -0.4 is 10.6 Å². The summed E-state index contributed by atoms with van der Waals surface area (Å²) in [7, 11) is 0. The molecule has 0 bridgehead atoms. The SMILES string of the molecule is Cc1cnc(CNC(=O)C2CNCC2C)s1. The first kappa shape index (κ1) is 11.5. The van der Waals surface area contributed by atoms with E-state index < -0.39 is 0 Å². The van der Waals surface area contributed by atoms with E-state index in [0.717, 1.165) is 18.1 Å². The fraction of sp³-hybridized carbons (Fsp3) is 0.636. The fourth-order valence-corrected chi connectivity index (χ4v) is 2.66. The molecule has 2 heterocycles. The minimum Gasteiger partial charge on any atom is -0.349 e. The summed E-state index contributed by atoms with van der Waals surface area (Å²) in [6.45, 7) is 6.42. The molecule has 0 aromatic carbocycles. The number of thiazole rings is 1. The van der Waals surface area contributed by atoms with Crippen molar-refractivity contribution in [3.8, 4) is 0 Å². The van der Waals surface area contributed by atoms with Gasteiger partial charge in [0.25, 0.3) is 0 Å². The van der Waals surface area contributed by atoms with Crippen LogP contribution in [-0.2, 0) is 11.3 Å². The maximum Gasteiger partial charge on any atom is 0.225 e. The summed E-state index contributed by atoms with van der Waals surface area (Å²) >= 11 is 1.63. The molecule has 1 saturated heterocycles. The van der Waals surface area contributed by atoms with Gasteiger partial charge in [-0.25, -0.2) is 4.98 Å². The van der Waals surface area contributed by atoms with Crippen LogP contribution in [0.5, 0.6) is 0 Å². The van der Waals surface area contributed by atoms with Crippen LogP contribution in [0, 0.1) is 18.8 Å². The van der Waals surface area contributed by atoms with Crippen LogP contribution in [0.15, 0.2) is 6.20 Å². The van der Waals surface area contributed by atoms with Gasteiger partial charge < -0.3 is 10.6 Å². The third-order valence-electron chi connectivity index (χ3n) is 2.94. The maximum atomic E-state index is 11.9. The van der Waals surface area contributed by atoms with Crippen LogP contribution in [0.25, 0.3) is 0 Å². The Kier molecular flexibility index (Phi) is 3.56. The molecular formula is C11H17N3OS. The third-order valence-corrected chi connectivity index (χ3v) is 3.85. The highest BCUT2D eigenvalue weighted by atomic mass is 32.1. The van der Waals surface area contributed by atoms with Crippen molar-refractivity contribution in [2.45, 2.75) is 20.4 Å². The summed E-state index contributed by atoms with van der Waals surface area (Å²) in [6, 6.07) is 0. The summed E-state index contributed by atoms with van der Waals surface area (Å²) < 4.78 is 0. The van der Waals surface area contributed by atoms with Crippen LogP contribution in [0.3, 0.4) is 0 Å². The molecule has 5 heteroatoms. The molecule has 2 unspecified atom stereocenters. The van der Waals surface area contributed by atoms with Gasteiger partial charge in [-0.2, -0.15) is 0 Å². The number of hydrogen-bond acceptors (Lipinski definition) is 4. The number of aryl methyl sites for hydroxylation is 1. The van der Waals surface area contributed by atoms with Crippen molar-refractivity contribution >= 4 is 17.2 Å². The molecule has 2 rings (SSSR count). The van der Waals surface area contributed by atoms with Crippen LogP contribution in [0.4, 0.5) is 0 Å². The van der Waals surface area contributed by atoms with E-state index in [1.807, 2.05) is 13.1 Å². The Morgan fingerprint density at radius 1 is 1.69 bits per heavy atom. The third kappa shape index (κ3) is 2.59. The second-order valence-electron chi connectivity index (χ2n) is 4.32. The number of nitrogens with zero attached hydrogens (tertiary/aromatic N) is 1. The lowest BCUT2D eigenvalue weighted by Crippen LogP contribution is -2.33. The molecule has 1 aromatic heterocycles. The lowest BCUT2D eigenvalue weighted by atomic mass is 9.97. The van der Waals surface area contributed by atoms with E-state index in [1.165, 1.54) is 4.88 Å². The highest BCUT2D eigenvalue weighted by molar-refractivity contribution is 7.11. The summed E-state index contributed by atoms with van der Waals surface area (Å²) in [5.74, 6) is 0.685. The van der Waals surface area contributed by atoms with Crippen molar-refractivity contribution in [1.29, 1.82) is 0 Å². The van der Waals surface area contributed by atoms with Crippen molar-refractivity contribution in [2.24, 2.45) is 11.8 Å². The Bertz CT molecular complexity index is 377. The minimum absolute atomic E-state index is 0.112. The van der Waals surface area contributed by atoms with E-state index >= 15 is 0 Å². The van der Waals surface area contributed by atoms with Gasteiger partial charge in [-0.15, -0.1) is 11.3 Å². The van der Waals surface area contributed by atoms with Crippen molar-refractivity contribution in [3.63, 3.8) is 0 Å². The van der Waals surface area contributed by atoms with Gasteiger partial charge in [0.1, 0.15) is 5.01 Å². The van der Waals surface area contributed by atoms with Crippen LogP contribution in [0.1, 0.15) is 16.8 Å². The fourth-order valence-electron chi connectivity index (χ4n) is 1.94. The largest absolute Gasteiger partial charge is 0.349 e. The van der Waals surface area contributed by atoms with Crippen molar-refractivity contribution in [1.82, 2.24) is 15.6 Å². The number of carbonyl (C=O) groups is 1. The van der Waals surface area contributed by atoms with Gasteiger partial charge in [0.2, 0.25) is 5.91 Å². The highest BCUT2D eigenvalue weighted by Gasteiger charge is 2.29. The minimum atomic E-state index is 0.112. The zero-order valence-corrected chi connectivity index (χ0v) is 10.4. The Morgan fingerprint density at radius 2 is 2.50 bits per heavy atom. The van der Waals surface area contributed by atoms with Gasteiger partial charge in [-0.3, -0.25) is 4.79 Å². The molecule has 2 atom stereocenters. The molecule has 0 aliphatic carbocycles. The van der Waals surface area contributed by atoms with E-state index in [-0.39, 0.29) is 11.8 Å². The molecule has 2 N–H and O–H groups in total. The molecule has 1 aliphatic heterocycles. The second-order valence-corrected chi connectivity index (χ2v) is 5.64. The molecular weight excluding hydrogens is 222 g/mol. The van der Waals surface area contributed by atoms with E-state index in [0.29, 0.717) is 12.5 Å². The number of carbonyl (C=O) groups excluding carboxylic acids is 1. The molecule has 0 radical (unpaired) electrons. The van der Waals surface area contributed by atoms with Gasteiger partial charge in [0.15, 0.2) is 0 Å². The Labute approximate surface area is 99.5 Å². The molecule has 0 saturated carbocycles. The first-order chi connectivity index (χ1) is 7.66. The molecule has 88 valence electrons. The zero-order valence-electron chi connectivity index (χ0n) is 9.62. The number of amides is 1. The van der Waals surface area contributed by atoms with E-state index in [2.05, 4.69) is 22.5 Å². The molecule has 1 aliphatic rings. The molecule has 1 aromatic rings. The van der Waals surface area contributed by atoms with Crippen LogP contribution in [0.2, 0.25) is 0 Å². The van der Waals surface area contributed by atoms with E-state index in [4.69, 9.17) is 0 Å². The van der Waals surface area contributed by atoms with Crippen molar-refractivity contribution in [3.05, 3.63) is 16.1 Å². The number of aromatic nitrogens is 1. The molecule has 0 spiro atoms. The number of nitrogens with one attached hydrogen (secondary N) is 2. The second kappa shape index (κ2) is 4.93. The van der Waals surface area contributed by atoms with Crippen LogP contribution in [-0.4, -0.2) is 24.0 Å². The smallest absolute Gasteiger partial charge is 0.225 e. The van der Waals surface area contributed by atoms with Crippen LogP contribution >= 0.6 is 11.3 Å². The topological polar surface area (TPSA) is 54.0 Å². The lowest BCUT2D eigenvalue weighted by Gasteiger charge is -2.13. The average molecular weight is 239 g/mol. The molecule has 16 heavy (non-hydrogen) atoms. The summed E-state index contributed by atoms with van der Waals surface area (Å²) in [5.41, 5.74) is 0. The van der Waals surface area contributed by atoms with Gasteiger partial charge in [0.05, 0.1) is 12.5 Å². The Hall–Kier alpha value is -0.940. The van der Waals surface area contributed by atoms with Crippen molar-refractivity contribution in [2.75, 3.05) is 13.1 Å². The average Bonchev–Trinajstić information content (AvgIpc) is 2.84. The molecule has 1 fully saturated rings. The van der Waals surface area contributed by atoms with Gasteiger partial charge in [0, 0.05) is 17.6 Å². The summed E-state index contributed by atoms with van der Waals surface area (Å²) in [6.07, 6.45) is 1.84. The Balaban J connectivity index is 1.83. The number of rotatable bonds is 3. The molecule has 1 amide bonds. The first-order valence-electron chi connectivity index (χ1n) is 5.56. The Morgan fingerprint density at radius 3 is 3.06 bits per heavy atom. The summed E-state index contributed by atoms with van der Waals surface area (Å²) in [5, 5.41) is 7.16. The monoisotopic (exact) mass is 239 g/mol. The molecule has 4 nitrogen and oxygen atoms in total. The van der Waals surface area contributed by atoms with E-state index in [1.54, 1.807) is 11.3 Å². The zero-order chi connectivity index (χ0) is 11.5. The number of hydrogen-bond donors (Lipinski definition) is 2. The van der Waals surface area contributed by atoms with Gasteiger partial charge in [-0.1, -0.05) is 6.92 Å². The quantitative estimate of drug-likeness (QED) is 0.825. The predicted molar refractivity (Wildman–Crippen MR) is 64.2 cm³/mol.